The summed E-state index contributed by atoms with van der Waals surface area (Å²) in [5.41, 5.74) is 3.42. The molecular formula is C21H42SSi. The van der Waals surface area contributed by atoms with Gasteiger partial charge in [-0.15, -0.1) is 5.54 Å². The maximum atomic E-state index is 3.42. The van der Waals surface area contributed by atoms with Gasteiger partial charge in [0.1, 0.15) is 8.07 Å². The van der Waals surface area contributed by atoms with E-state index < -0.39 is 8.07 Å². The molecule has 0 saturated heterocycles. The molecule has 136 valence electrons. The second kappa shape index (κ2) is 17.0. The standard InChI is InChI=1S/C21H42SSi/c1-5-6-7-8-9-10-11-12-13-14-15-16-17-18-19-22-20-21-23(2,3)4/h5-19H2,1-4H3. The molecule has 0 fully saturated rings. The minimum Gasteiger partial charge on any atom is -0.120 e. The van der Waals surface area contributed by atoms with Crippen LogP contribution in [-0.4, -0.2) is 13.8 Å². The van der Waals surface area contributed by atoms with Gasteiger partial charge in [-0.3, -0.25) is 0 Å². The number of rotatable bonds is 15. The van der Waals surface area contributed by atoms with Crippen LogP contribution < -0.4 is 0 Å². The van der Waals surface area contributed by atoms with Gasteiger partial charge in [0, 0.05) is 5.75 Å². The highest BCUT2D eigenvalue weighted by atomic mass is 32.2. The van der Waals surface area contributed by atoms with Crippen molar-refractivity contribution in [3.05, 3.63) is 0 Å². The van der Waals surface area contributed by atoms with Gasteiger partial charge in [-0.1, -0.05) is 122 Å². The smallest absolute Gasteiger partial charge is 0.120 e. The van der Waals surface area contributed by atoms with E-state index >= 15 is 0 Å². The van der Waals surface area contributed by atoms with E-state index in [1.54, 1.807) is 0 Å². The van der Waals surface area contributed by atoms with Gasteiger partial charge < -0.3 is 0 Å². The largest absolute Gasteiger partial charge is 0.130 e. The topological polar surface area (TPSA) is 0 Å². The lowest BCUT2D eigenvalue weighted by Crippen LogP contribution is -2.16. The Morgan fingerprint density at radius 1 is 0.609 bits per heavy atom. The van der Waals surface area contributed by atoms with E-state index in [0.29, 0.717) is 0 Å². The van der Waals surface area contributed by atoms with Gasteiger partial charge in [-0.05, 0) is 11.7 Å². The van der Waals surface area contributed by atoms with E-state index in [4.69, 9.17) is 0 Å². The van der Waals surface area contributed by atoms with Crippen molar-refractivity contribution in [3.8, 4) is 10.8 Å². The summed E-state index contributed by atoms with van der Waals surface area (Å²) in [4.78, 5) is 0. The van der Waals surface area contributed by atoms with Gasteiger partial charge in [0.25, 0.3) is 0 Å². The van der Waals surface area contributed by atoms with Crippen LogP contribution >= 0.6 is 11.8 Å². The number of thioether (sulfide) groups is 1. The van der Waals surface area contributed by atoms with Gasteiger partial charge in [0.2, 0.25) is 0 Å². The quantitative estimate of drug-likeness (QED) is 0.163. The van der Waals surface area contributed by atoms with Crippen molar-refractivity contribution in [2.45, 2.75) is 116 Å². The zero-order valence-corrected chi connectivity index (χ0v) is 18.3. The van der Waals surface area contributed by atoms with Crippen LogP contribution in [0.2, 0.25) is 19.6 Å². The third-order valence-electron chi connectivity index (χ3n) is 4.10. The molecule has 23 heavy (non-hydrogen) atoms. The van der Waals surface area contributed by atoms with Gasteiger partial charge in [-0.25, -0.2) is 0 Å². The van der Waals surface area contributed by atoms with E-state index in [2.05, 4.69) is 37.4 Å². The Bertz CT molecular complexity index is 295. The second-order valence-corrected chi connectivity index (χ2v) is 13.6. The predicted octanol–water partition coefficient (Wildman–Crippen LogP) is 8.04. The van der Waals surface area contributed by atoms with Crippen molar-refractivity contribution < 1.29 is 0 Å². The molecular weight excluding hydrogens is 312 g/mol. The van der Waals surface area contributed by atoms with Gasteiger partial charge in [-0.2, -0.15) is 0 Å². The minimum atomic E-state index is -1.15. The van der Waals surface area contributed by atoms with Crippen molar-refractivity contribution >= 4 is 19.8 Å². The highest BCUT2D eigenvalue weighted by molar-refractivity contribution is 8.03. The summed E-state index contributed by atoms with van der Waals surface area (Å²) in [6, 6.07) is 0. The van der Waals surface area contributed by atoms with E-state index in [1.165, 1.54) is 95.6 Å². The summed E-state index contributed by atoms with van der Waals surface area (Å²) in [5.74, 6) is 1.23. The molecule has 0 amide bonds. The Morgan fingerprint density at radius 2 is 1.00 bits per heavy atom. The second-order valence-electron chi connectivity index (χ2n) is 7.92. The van der Waals surface area contributed by atoms with Crippen molar-refractivity contribution in [2.75, 3.05) is 5.75 Å². The third-order valence-corrected chi connectivity index (χ3v) is 5.89. The summed E-state index contributed by atoms with van der Waals surface area (Å²) < 4.78 is 0. The van der Waals surface area contributed by atoms with E-state index in [9.17, 15) is 0 Å². The predicted molar refractivity (Wildman–Crippen MR) is 114 cm³/mol. The number of unbranched alkanes of at least 4 members (excludes halogenated alkanes) is 13. The molecule has 0 aromatic heterocycles. The van der Waals surface area contributed by atoms with Crippen LogP contribution in [0.4, 0.5) is 0 Å². The Morgan fingerprint density at radius 3 is 1.39 bits per heavy atom. The van der Waals surface area contributed by atoms with Gasteiger partial charge in [0.15, 0.2) is 0 Å². The maximum absolute atomic E-state index is 3.42. The van der Waals surface area contributed by atoms with Crippen LogP contribution in [0.1, 0.15) is 96.8 Å². The average Bonchev–Trinajstić information content (AvgIpc) is 2.49. The number of hydrogen-bond acceptors (Lipinski definition) is 1. The van der Waals surface area contributed by atoms with Crippen LogP contribution in [0.5, 0.6) is 0 Å². The molecule has 2 heteroatoms. The Labute approximate surface area is 153 Å². The first-order valence-corrected chi connectivity index (χ1v) is 14.7. The van der Waals surface area contributed by atoms with E-state index in [0.717, 1.165) is 0 Å². The lowest BCUT2D eigenvalue weighted by molar-refractivity contribution is 0.538. The summed E-state index contributed by atoms with van der Waals surface area (Å²) in [6.07, 6.45) is 20.2. The molecule has 0 nitrogen and oxygen atoms in total. The first kappa shape index (κ1) is 23.1. The van der Waals surface area contributed by atoms with Crippen LogP contribution in [0.3, 0.4) is 0 Å². The summed E-state index contributed by atoms with van der Waals surface area (Å²) in [7, 11) is -1.15. The molecule has 0 atom stereocenters. The molecule has 0 saturated carbocycles. The van der Waals surface area contributed by atoms with Gasteiger partial charge in [0.05, 0.1) is 0 Å². The van der Waals surface area contributed by atoms with Crippen LogP contribution in [0, 0.1) is 10.8 Å². The van der Waals surface area contributed by atoms with Crippen LogP contribution in [0.25, 0.3) is 0 Å². The highest BCUT2D eigenvalue weighted by Gasteiger charge is 2.07. The molecule has 0 aromatic carbocycles. The fraction of sp³-hybridized carbons (Fsp3) is 0.905. The summed E-state index contributed by atoms with van der Waals surface area (Å²) in [5, 5.41) is 3.30. The Kier molecular flexibility index (Phi) is 17.1. The molecule has 0 heterocycles. The molecule has 0 N–H and O–H groups in total. The lowest BCUT2D eigenvalue weighted by atomic mass is 10.0. The zero-order valence-electron chi connectivity index (χ0n) is 16.5. The maximum Gasteiger partial charge on any atom is 0.130 e. The van der Waals surface area contributed by atoms with Crippen LogP contribution in [-0.2, 0) is 0 Å². The highest BCUT2D eigenvalue weighted by Crippen LogP contribution is 2.13. The monoisotopic (exact) mass is 354 g/mol. The fourth-order valence-corrected chi connectivity index (χ4v) is 4.57. The molecule has 0 spiro atoms. The molecule has 0 bridgehead atoms. The summed E-state index contributed by atoms with van der Waals surface area (Å²) >= 11 is 1.84. The van der Waals surface area contributed by atoms with Crippen LogP contribution in [0.15, 0.2) is 0 Å². The lowest BCUT2D eigenvalue weighted by Gasteiger charge is -2.03. The molecule has 0 rings (SSSR count). The fourth-order valence-electron chi connectivity index (χ4n) is 2.61. The SMILES string of the molecule is CCCCCCCCCCCCCCCCSC#C[Si](C)(C)C. The van der Waals surface area contributed by atoms with Crippen molar-refractivity contribution in [3.63, 3.8) is 0 Å². The normalized spacial score (nSPS) is 11.3. The van der Waals surface area contributed by atoms with Crippen molar-refractivity contribution in [1.82, 2.24) is 0 Å². The Balaban J connectivity index is 3.09. The molecule has 0 aliphatic heterocycles. The van der Waals surface area contributed by atoms with E-state index in [1.807, 2.05) is 11.8 Å². The summed E-state index contributed by atoms with van der Waals surface area (Å²) in [6.45, 7) is 9.23. The average molecular weight is 355 g/mol. The zero-order chi connectivity index (χ0) is 17.2. The Hall–Kier alpha value is 0.127. The van der Waals surface area contributed by atoms with E-state index in [-0.39, 0.29) is 0 Å². The molecule has 0 aromatic rings. The number of hydrogen-bond donors (Lipinski definition) is 0. The van der Waals surface area contributed by atoms with Crippen molar-refractivity contribution in [2.24, 2.45) is 0 Å². The molecule has 0 aliphatic carbocycles. The first-order chi connectivity index (χ1) is 11.1. The minimum absolute atomic E-state index is 1.15. The first-order valence-electron chi connectivity index (χ1n) is 10.2. The van der Waals surface area contributed by atoms with Gasteiger partial charge >= 0.3 is 0 Å². The van der Waals surface area contributed by atoms with Crippen molar-refractivity contribution in [1.29, 1.82) is 0 Å². The molecule has 0 unspecified atom stereocenters. The molecule has 0 radical (unpaired) electrons. The molecule has 0 aliphatic rings. The third kappa shape index (κ3) is 22.1.